The molecule has 0 aliphatic heterocycles. The van der Waals surface area contributed by atoms with Crippen LogP contribution in [-0.4, -0.2) is 38.9 Å². The molecule has 0 bridgehead atoms. The van der Waals surface area contributed by atoms with Crippen molar-refractivity contribution in [2.24, 2.45) is 0 Å². The Bertz CT molecular complexity index is 1410. The van der Waals surface area contributed by atoms with Gasteiger partial charge in [-0.05, 0) is 67.1 Å². The van der Waals surface area contributed by atoms with Crippen LogP contribution in [0.25, 0.3) is 5.69 Å². The molecule has 0 atom stereocenters. The normalized spacial score (nSPS) is 10.7. The molecule has 0 saturated carbocycles. The minimum atomic E-state index is -0.540. The topological polar surface area (TPSA) is 98.1 Å². The first-order chi connectivity index (χ1) is 18.9. The molecule has 0 spiro atoms. The molecule has 2 N–H and O–H groups in total. The van der Waals surface area contributed by atoms with Gasteiger partial charge in [-0.3, -0.25) is 14.2 Å². The van der Waals surface area contributed by atoms with E-state index in [1.165, 1.54) is 30.3 Å². The summed E-state index contributed by atoms with van der Waals surface area (Å²) in [5, 5.41) is 14.0. The zero-order valence-corrected chi connectivity index (χ0v) is 22.0. The maximum absolute atomic E-state index is 13.9. The summed E-state index contributed by atoms with van der Waals surface area (Å²) in [4.78, 5) is 25.2. The highest BCUT2D eigenvalue weighted by Gasteiger charge is 2.18. The van der Waals surface area contributed by atoms with E-state index in [1.807, 2.05) is 0 Å². The van der Waals surface area contributed by atoms with Crippen LogP contribution in [0, 0.1) is 11.6 Å². The summed E-state index contributed by atoms with van der Waals surface area (Å²) in [6.07, 6.45) is 1.98. The van der Waals surface area contributed by atoms with Crippen molar-refractivity contribution < 1.29 is 23.1 Å². The molecule has 0 radical (unpaired) electrons. The first kappa shape index (κ1) is 27.8. The Hall–Kier alpha value is -4.25. The quantitative estimate of drug-likeness (QED) is 0.181. The van der Waals surface area contributed by atoms with Crippen molar-refractivity contribution in [2.75, 3.05) is 17.7 Å². The fourth-order valence-electron chi connectivity index (χ4n) is 3.54. The van der Waals surface area contributed by atoms with Gasteiger partial charge in [0, 0.05) is 11.3 Å². The number of benzene rings is 3. The van der Waals surface area contributed by atoms with Crippen LogP contribution < -0.4 is 15.4 Å². The standard InChI is InChI=1S/C28H27F2N5O3S/c1-2-3-16-38-22-14-8-19(9-15-22)27(37)31-17-25-33-34-28(35(25)21-12-10-20(29)11-13-21)39-18-26(36)32-24-7-5-4-6-23(24)30/h4-15H,2-3,16-18H2,1H3,(H,31,37)(H,32,36). The van der Waals surface area contributed by atoms with Crippen LogP contribution in [0.4, 0.5) is 14.5 Å². The van der Waals surface area contributed by atoms with E-state index in [0.717, 1.165) is 24.6 Å². The van der Waals surface area contributed by atoms with Gasteiger partial charge in [0.25, 0.3) is 5.91 Å². The number of thioether (sulfide) groups is 1. The SMILES string of the molecule is CCCCOc1ccc(C(=O)NCc2nnc(SCC(=O)Nc3ccccc3F)n2-c2ccc(F)cc2)cc1. The largest absolute Gasteiger partial charge is 0.494 e. The van der Waals surface area contributed by atoms with Crippen LogP contribution >= 0.6 is 11.8 Å². The van der Waals surface area contributed by atoms with E-state index in [4.69, 9.17) is 4.74 Å². The van der Waals surface area contributed by atoms with Gasteiger partial charge in [0.2, 0.25) is 5.91 Å². The second kappa shape index (κ2) is 13.5. The molecule has 11 heteroatoms. The van der Waals surface area contributed by atoms with E-state index < -0.39 is 17.5 Å². The lowest BCUT2D eigenvalue weighted by Gasteiger charge is -2.12. The number of para-hydroxylation sites is 1. The number of carbonyl (C=O) groups is 2. The maximum atomic E-state index is 13.9. The van der Waals surface area contributed by atoms with Gasteiger partial charge < -0.3 is 15.4 Å². The fraction of sp³-hybridized carbons (Fsp3) is 0.214. The highest BCUT2D eigenvalue weighted by atomic mass is 32.2. The molecule has 4 rings (SSSR count). The first-order valence-corrected chi connectivity index (χ1v) is 13.3. The Morgan fingerprint density at radius 2 is 1.72 bits per heavy atom. The Labute approximate surface area is 228 Å². The molecular weight excluding hydrogens is 524 g/mol. The molecule has 0 saturated heterocycles. The molecular formula is C28H27F2N5O3S. The number of unbranched alkanes of at least 4 members (excludes halogenated alkanes) is 1. The van der Waals surface area contributed by atoms with Crippen LogP contribution in [0.5, 0.6) is 5.75 Å². The molecule has 4 aromatic rings. The second-order valence-corrected chi connectivity index (χ2v) is 9.38. The van der Waals surface area contributed by atoms with Crippen molar-refractivity contribution in [2.45, 2.75) is 31.5 Å². The first-order valence-electron chi connectivity index (χ1n) is 12.3. The Balaban J connectivity index is 1.44. The number of amides is 2. The predicted molar refractivity (Wildman–Crippen MR) is 145 cm³/mol. The molecule has 1 heterocycles. The van der Waals surface area contributed by atoms with E-state index in [9.17, 15) is 18.4 Å². The average Bonchev–Trinajstić information content (AvgIpc) is 3.35. The van der Waals surface area contributed by atoms with Crippen LogP contribution in [0.3, 0.4) is 0 Å². The van der Waals surface area contributed by atoms with Crippen molar-refractivity contribution in [3.63, 3.8) is 0 Å². The Morgan fingerprint density at radius 1 is 0.974 bits per heavy atom. The number of rotatable bonds is 12. The van der Waals surface area contributed by atoms with Crippen molar-refractivity contribution >= 4 is 29.3 Å². The fourth-order valence-corrected chi connectivity index (χ4v) is 4.31. The zero-order chi connectivity index (χ0) is 27.6. The smallest absolute Gasteiger partial charge is 0.251 e. The zero-order valence-electron chi connectivity index (χ0n) is 21.2. The van der Waals surface area contributed by atoms with Gasteiger partial charge >= 0.3 is 0 Å². The van der Waals surface area contributed by atoms with Crippen molar-refractivity contribution in [3.05, 3.63) is 95.8 Å². The third-order valence-corrected chi connectivity index (χ3v) is 6.48. The van der Waals surface area contributed by atoms with Crippen LogP contribution in [0.1, 0.15) is 35.9 Å². The van der Waals surface area contributed by atoms with E-state index >= 15 is 0 Å². The van der Waals surface area contributed by atoms with E-state index in [0.29, 0.717) is 34.6 Å². The van der Waals surface area contributed by atoms with Gasteiger partial charge in [-0.2, -0.15) is 0 Å². The minimum Gasteiger partial charge on any atom is -0.494 e. The molecule has 3 aromatic carbocycles. The molecule has 8 nitrogen and oxygen atoms in total. The summed E-state index contributed by atoms with van der Waals surface area (Å²) >= 11 is 1.07. The monoisotopic (exact) mass is 551 g/mol. The summed E-state index contributed by atoms with van der Waals surface area (Å²) in [6.45, 7) is 2.73. The lowest BCUT2D eigenvalue weighted by molar-refractivity contribution is -0.113. The summed E-state index contributed by atoms with van der Waals surface area (Å²) < 4.78 is 34.7. The van der Waals surface area contributed by atoms with Crippen LogP contribution in [-0.2, 0) is 11.3 Å². The Kier molecular flexibility index (Phi) is 9.63. The lowest BCUT2D eigenvalue weighted by atomic mass is 10.2. The number of hydrogen-bond donors (Lipinski definition) is 2. The minimum absolute atomic E-state index is 0.0277. The summed E-state index contributed by atoms with van der Waals surface area (Å²) in [5.74, 6) is -0.710. The molecule has 0 fully saturated rings. The van der Waals surface area contributed by atoms with Crippen LogP contribution in [0.2, 0.25) is 0 Å². The third-order valence-electron chi connectivity index (χ3n) is 5.56. The number of nitrogens with zero attached hydrogens (tertiary/aromatic N) is 3. The van der Waals surface area contributed by atoms with E-state index in [2.05, 4.69) is 27.8 Å². The van der Waals surface area contributed by atoms with Gasteiger partial charge in [-0.1, -0.05) is 37.2 Å². The number of ether oxygens (including phenoxy) is 1. The number of anilines is 1. The number of aromatic nitrogens is 3. The van der Waals surface area contributed by atoms with Crippen molar-refractivity contribution in [1.82, 2.24) is 20.1 Å². The van der Waals surface area contributed by atoms with Gasteiger partial charge in [0.1, 0.15) is 17.4 Å². The maximum Gasteiger partial charge on any atom is 0.251 e. The predicted octanol–water partition coefficient (Wildman–Crippen LogP) is 5.39. The Morgan fingerprint density at radius 3 is 2.44 bits per heavy atom. The van der Waals surface area contributed by atoms with Crippen LogP contribution in [0.15, 0.2) is 78.0 Å². The van der Waals surface area contributed by atoms with Gasteiger partial charge in [-0.25, -0.2) is 8.78 Å². The molecule has 0 aliphatic carbocycles. The molecule has 0 unspecified atom stereocenters. The van der Waals surface area contributed by atoms with E-state index in [1.54, 1.807) is 47.0 Å². The average molecular weight is 552 g/mol. The third kappa shape index (κ3) is 7.64. The molecule has 1 aromatic heterocycles. The highest BCUT2D eigenvalue weighted by molar-refractivity contribution is 7.99. The molecule has 202 valence electrons. The molecule has 0 aliphatic rings. The molecule has 39 heavy (non-hydrogen) atoms. The highest BCUT2D eigenvalue weighted by Crippen LogP contribution is 2.23. The number of hydrogen-bond acceptors (Lipinski definition) is 6. The molecule has 2 amide bonds. The second-order valence-electron chi connectivity index (χ2n) is 8.44. The lowest BCUT2D eigenvalue weighted by Crippen LogP contribution is -2.24. The van der Waals surface area contributed by atoms with E-state index in [-0.39, 0.29) is 23.9 Å². The van der Waals surface area contributed by atoms with Gasteiger partial charge in [0.05, 0.1) is 24.6 Å². The number of carbonyl (C=O) groups excluding carboxylic acids is 2. The van der Waals surface area contributed by atoms with Crippen molar-refractivity contribution in [3.8, 4) is 11.4 Å². The number of nitrogens with one attached hydrogen (secondary N) is 2. The summed E-state index contributed by atoms with van der Waals surface area (Å²) in [6, 6.07) is 18.4. The van der Waals surface area contributed by atoms with Crippen molar-refractivity contribution in [1.29, 1.82) is 0 Å². The summed E-state index contributed by atoms with van der Waals surface area (Å²) in [5.41, 5.74) is 1.08. The summed E-state index contributed by atoms with van der Waals surface area (Å²) in [7, 11) is 0. The van der Waals surface area contributed by atoms with Gasteiger partial charge in [0.15, 0.2) is 11.0 Å². The number of halogens is 2. The van der Waals surface area contributed by atoms with Gasteiger partial charge in [-0.15, -0.1) is 10.2 Å².